The maximum absolute atomic E-state index is 12.1. The number of hydrogen-bond acceptors (Lipinski definition) is 8. The van der Waals surface area contributed by atoms with Crippen molar-refractivity contribution in [3.8, 4) is 11.5 Å². The number of ether oxygens (including phenoxy) is 1. The van der Waals surface area contributed by atoms with Gasteiger partial charge < -0.3 is 42.0 Å². The Morgan fingerprint density at radius 2 is 2.14 bits per heavy atom. The van der Waals surface area contributed by atoms with Crippen molar-refractivity contribution in [1.82, 2.24) is 21.3 Å². The van der Waals surface area contributed by atoms with E-state index in [0.29, 0.717) is 18.9 Å². The summed E-state index contributed by atoms with van der Waals surface area (Å²) in [5, 5.41) is 29.5. The van der Waals surface area contributed by atoms with Crippen LogP contribution in [0.2, 0.25) is 0 Å². The first-order valence-corrected chi connectivity index (χ1v) is 8.92. The number of aromatic hydroxyl groups is 1. The summed E-state index contributed by atoms with van der Waals surface area (Å²) in [5.41, 5.74) is 4.82. The van der Waals surface area contributed by atoms with Gasteiger partial charge in [0.05, 0.1) is 12.1 Å². The molecule has 0 radical (unpaired) electrons. The van der Waals surface area contributed by atoms with Crippen LogP contribution in [0.5, 0.6) is 11.5 Å². The van der Waals surface area contributed by atoms with E-state index in [1.54, 1.807) is 0 Å². The van der Waals surface area contributed by atoms with Crippen LogP contribution in [-0.4, -0.2) is 72.9 Å². The Hall–Kier alpha value is -3.70. The number of aliphatic carboxylic acids is 1. The minimum absolute atomic E-state index is 0.0700. The molecular weight excluding hydrogens is 384 g/mol. The topological polar surface area (TPSA) is 187 Å². The number of hydrogen-bond donors (Lipinski definition) is 7. The highest BCUT2D eigenvalue weighted by Crippen LogP contribution is 2.23. The number of carboxylic acid groups (broad SMARTS) is 1. The second-order valence-electron chi connectivity index (χ2n) is 6.07. The lowest BCUT2D eigenvalue weighted by molar-refractivity contribution is -0.139. The molecule has 12 nitrogen and oxygen atoms in total. The fraction of sp³-hybridized carbons (Fsp3) is 0.412. The number of nitrogens with two attached hydrogens (primary N) is 1. The molecule has 1 aliphatic heterocycles. The van der Waals surface area contributed by atoms with Crippen molar-refractivity contribution in [2.24, 2.45) is 10.7 Å². The highest BCUT2D eigenvalue weighted by Gasteiger charge is 2.21. The van der Waals surface area contributed by atoms with E-state index in [9.17, 15) is 19.5 Å². The van der Waals surface area contributed by atoms with Gasteiger partial charge in [0.1, 0.15) is 24.1 Å². The zero-order chi connectivity index (χ0) is 21.2. The van der Waals surface area contributed by atoms with E-state index in [1.165, 1.54) is 18.2 Å². The number of rotatable bonds is 9. The number of amides is 3. The van der Waals surface area contributed by atoms with Crippen molar-refractivity contribution in [2.75, 3.05) is 32.8 Å². The van der Waals surface area contributed by atoms with E-state index in [2.05, 4.69) is 20.9 Å². The molecule has 158 valence electrons. The Bertz CT molecular complexity index is 784. The molecule has 0 aliphatic carbocycles. The second-order valence-corrected chi connectivity index (χ2v) is 6.07. The summed E-state index contributed by atoms with van der Waals surface area (Å²) in [7, 11) is 0. The molecule has 1 aromatic rings. The third kappa shape index (κ3) is 7.08. The summed E-state index contributed by atoms with van der Waals surface area (Å²) >= 11 is 0. The lowest BCUT2D eigenvalue weighted by atomic mass is 10.1. The third-order valence-electron chi connectivity index (χ3n) is 3.86. The van der Waals surface area contributed by atoms with Crippen LogP contribution >= 0.6 is 0 Å². The molecule has 1 heterocycles. The third-order valence-corrected chi connectivity index (χ3v) is 3.86. The van der Waals surface area contributed by atoms with Gasteiger partial charge >= 0.3 is 12.0 Å². The molecule has 0 fully saturated rings. The monoisotopic (exact) mass is 408 g/mol. The van der Waals surface area contributed by atoms with Crippen LogP contribution in [0.1, 0.15) is 16.8 Å². The van der Waals surface area contributed by atoms with Crippen LogP contribution < -0.4 is 31.7 Å². The number of guanidine groups is 1. The van der Waals surface area contributed by atoms with Gasteiger partial charge in [0.15, 0.2) is 5.96 Å². The summed E-state index contributed by atoms with van der Waals surface area (Å²) in [6.07, 6.45) is 1.000. The van der Waals surface area contributed by atoms with Gasteiger partial charge in [-0.1, -0.05) is 0 Å². The molecule has 1 atom stereocenters. The van der Waals surface area contributed by atoms with Gasteiger partial charge in [-0.2, -0.15) is 0 Å². The van der Waals surface area contributed by atoms with Crippen LogP contribution in [0.4, 0.5) is 4.79 Å². The average Bonchev–Trinajstić information content (AvgIpc) is 2.68. The second kappa shape index (κ2) is 10.6. The molecule has 0 saturated carbocycles. The predicted octanol–water partition coefficient (Wildman–Crippen LogP) is -1.44. The predicted molar refractivity (Wildman–Crippen MR) is 103 cm³/mol. The summed E-state index contributed by atoms with van der Waals surface area (Å²) in [6, 6.07) is 1.70. The number of carboxylic acids is 1. The Balaban J connectivity index is 1.82. The van der Waals surface area contributed by atoms with E-state index in [0.717, 1.165) is 25.5 Å². The summed E-state index contributed by atoms with van der Waals surface area (Å²) in [5.74, 6) is -1.32. The number of aliphatic imine (C=N–C) groups is 1. The lowest BCUT2D eigenvalue weighted by Gasteiger charge is -2.16. The molecular formula is C17H24N6O6. The van der Waals surface area contributed by atoms with E-state index in [4.69, 9.17) is 15.6 Å². The van der Waals surface area contributed by atoms with Crippen LogP contribution in [0, 0.1) is 0 Å². The molecule has 1 aliphatic rings. The first-order valence-electron chi connectivity index (χ1n) is 8.92. The number of phenols is 1. The minimum Gasteiger partial charge on any atom is -0.507 e. The number of carbonyl (C=O) groups excluding carboxylic acids is 2. The van der Waals surface area contributed by atoms with E-state index >= 15 is 0 Å². The van der Waals surface area contributed by atoms with Gasteiger partial charge in [0.25, 0.3) is 5.91 Å². The number of nitrogens with zero attached hydrogens (tertiary/aromatic N) is 1. The van der Waals surface area contributed by atoms with E-state index in [-0.39, 0.29) is 11.3 Å². The van der Waals surface area contributed by atoms with Crippen molar-refractivity contribution >= 4 is 23.9 Å². The number of phenolic OH excluding ortho intramolecular Hbond substituents is 1. The van der Waals surface area contributed by atoms with Crippen molar-refractivity contribution in [1.29, 1.82) is 0 Å². The SMILES string of the molecule is NC(=O)NC(CNC(=O)c1ccc(OCCNC2=NCCCN2)cc1O)C(=O)O. The average molecular weight is 408 g/mol. The molecule has 0 spiro atoms. The fourth-order valence-corrected chi connectivity index (χ4v) is 2.44. The van der Waals surface area contributed by atoms with Crippen LogP contribution in [0.3, 0.4) is 0 Å². The first-order chi connectivity index (χ1) is 13.9. The number of nitrogens with one attached hydrogen (secondary N) is 4. The number of benzene rings is 1. The Morgan fingerprint density at radius 3 is 2.76 bits per heavy atom. The van der Waals surface area contributed by atoms with Crippen molar-refractivity contribution < 1.29 is 29.3 Å². The highest BCUT2D eigenvalue weighted by molar-refractivity contribution is 5.97. The zero-order valence-electron chi connectivity index (χ0n) is 15.6. The fourth-order valence-electron chi connectivity index (χ4n) is 2.44. The molecule has 2 rings (SSSR count). The first kappa shape index (κ1) is 21.6. The molecule has 12 heteroatoms. The largest absolute Gasteiger partial charge is 0.507 e. The summed E-state index contributed by atoms with van der Waals surface area (Å²) in [6.45, 7) is 2.05. The number of carbonyl (C=O) groups is 3. The molecule has 1 unspecified atom stereocenters. The maximum atomic E-state index is 12.1. The Labute approximate surface area is 166 Å². The molecule has 0 aromatic heterocycles. The normalized spacial score (nSPS) is 14.0. The van der Waals surface area contributed by atoms with Gasteiger partial charge in [-0.25, -0.2) is 9.59 Å². The van der Waals surface area contributed by atoms with E-state index in [1.807, 2.05) is 5.32 Å². The van der Waals surface area contributed by atoms with Crippen molar-refractivity contribution in [3.05, 3.63) is 23.8 Å². The quantitative estimate of drug-likeness (QED) is 0.242. The van der Waals surface area contributed by atoms with Crippen LogP contribution in [-0.2, 0) is 4.79 Å². The van der Waals surface area contributed by atoms with Gasteiger partial charge in [0, 0.05) is 25.7 Å². The molecule has 3 amide bonds. The van der Waals surface area contributed by atoms with Crippen LogP contribution in [0.15, 0.2) is 23.2 Å². The molecule has 0 bridgehead atoms. The number of primary amides is 1. The van der Waals surface area contributed by atoms with Gasteiger partial charge in [-0.15, -0.1) is 0 Å². The van der Waals surface area contributed by atoms with Crippen molar-refractivity contribution in [2.45, 2.75) is 12.5 Å². The van der Waals surface area contributed by atoms with Gasteiger partial charge in [-0.05, 0) is 18.6 Å². The molecule has 29 heavy (non-hydrogen) atoms. The van der Waals surface area contributed by atoms with Crippen LogP contribution in [0.25, 0.3) is 0 Å². The minimum atomic E-state index is -1.39. The zero-order valence-corrected chi connectivity index (χ0v) is 15.6. The summed E-state index contributed by atoms with van der Waals surface area (Å²) < 4.78 is 5.51. The van der Waals surface area contributed by atoms with Gasteiger partial charge in [-0.3, -0.25) is 9.79 Å². The Kier molecular flexibility index (Phi) is 7.88. The number of urea groups is 1. The highest BCUT2D eigenvalue weighted by atomic mass is 16.5. The molecule has 0 saturated heterocycles. The Morgan fingerprint density at radius 1 is 1.34 bits per heavy atom. The van der Waals surface area contributed by atoms with Crippen molar-refractivity contribution in [3.63, 3.8) is 0 Å². The molecule has 1 aromatic carbocycles. The van der Waals surface area contributed by atoms with E-state index < -0.39 is 30.5 Å². The van der Waals surface area contributed by atoms with Gasteiger partial charge in [0.2, 0.25) is 0 Å². The standard InChI is InChI=1S/C17H24N6O6/c18-16(28)23-12(15(26)27)9-22-14(25)11-3-2-10(8-13(11)24)29-7-6-21-17-19-4-1-5-20-17/h2-3,8,12,24H,1,4-7,9H2,(H,22,25)(H,26,27)(H3,18,23,28)(H2,19,20,21). The summed E-state index contributed by atoms with van der Waals surface area (Å²) in [4.78, 5) is 38.2. The molecule has 8 N–H and O–H groups in total. The lowest BCUT2D eigenvalue weighted by Crippen LogP contribution is -2.50. The smallest absolute Gasteiger partial charge is 0.328 e. The maximum Gasteiger partial charge on any atom is 0.328 e.